The molecule has 108 valence electrons. The molecule has 0 aliphatic rings. The third-order valence-electron chi connectivity index (χ3n) is 3.13. The molecule has 0 bridgehead atoms. The highest BCUT2D eigenvalue weighted by Crippen LogP contribution is 2.29. The molecule has 1 aromatic heterocycles. The molecule has 0 aliphatic heterocycles. The van der Waals surface area contributed by atoms with Crippen molar-refractivity contribution in [3.8, 4) is 0 Å². The van der Waals surface area contributed by atoms with Gasteiger partial charge in [0.1, 0.15) is 5.01 Å². The van der Waals surface area contributed by atoms with E-state index in [2.05, 4.69) is 43.6 Å². The number of nitrogens with one attached hydrogen (secondary N) is 1. The molecule has 0 radical (unpaired) electrons. The van der Waals surface area contributed by atoms with Crippen molar-refractivity contribution in [2.45, 2.75) is 32.2 Å². The van der Waals surface area contributed by atoms with Gasteiger partial charge in [-0.25, -0.2) is 4.98 Å². The molecular formula is C16H22N2OS. The third-order valence-corrected chi connectivity index (χ3v) is 4.04. The molecule has 0 saturated heterocycles. The minimum atomic E-state index is 0.0458. The van der Waals surface area contributed by atoms with Crippen LogP contribution in [0.3, 0.4) is 0 Å². The van der Waals surface area contributed by atoms with E-state index in [0.717, 1.165) is 10.7 Å². The summed E-state index contributed by atoms with van der Waals surface area (Å²) in [5, 5.41) is 15.6. The average Bonchev–Trinajstić information content (AvgIpc) is 2.90. The second-order valence-corrected chi connectivity index (χ2v) is 6.73. The summed E-state index contributed by atoms with van der Waals surface area (Å²) in [5.41, 5.74) is 2.35. The fraction of sp³-hybridized carbons (Fsp3) is 0.438. The molecule has 20 heavy (non-hydrogen) atoms. The molecule has 0 spiro atoms. The quantitative estimate of drug-likeness (QED) is 0.889. The van der Waals surface area contributed by atoms with Gasteiger partial charge in [0.2, 0.25) is 0 Å². The summed E-state index contributed by atoms with van der Waals surface area (Å²) in [5.74, 6) is 0. The van der Waals surface area contributed by atoms with Crippen LogP contribution in [0, 0.1) is 0 Å². The Balaban J connectivity index is 2.29. The zero-order chi connectivity index (χ0) is 14.6. The second kappa shape index (κ2) is 6.48. The van der Waals surface area contributed by atoms with Gasteiger partial charge in [0.15, 0.2) is 0 Å². The van der Waals surface area contributed by atoms with Crippen LogP contribution >= 0.6 is 11.3 Å². The number of benzene rings is 1. The highest BCUT2D eigenvalue weighted by atomic mass is 32.1. The van der Waals surface area contributed by atoms with Crippen LogP contribution in [0.5, 0.6) is 0 Å². The zero-order valence-corrected chi connectivity index (χ0v) is 13.1. The van der Waals surface area contributed by atoms with Crippen LogP contribution in [0.15, 0.2) is 35.7 Å². The first-order valence-electron chi connectivity index (χ1n) is 6.87. The molecule has 2 N–H and O–H groups in total. The molecule has 0 fully saturated rings. The van der Waals surface area contributed by atoms with Crippen LogP contribution in [-0.2, 0) is 5.41 Å². The molecule has 0 unspecified atom stereocenters. The summed E-state index contributed by atoms with van der Waals surface area (Å²) in [6, 6.07) is 10.3. The molecule has 0 amide bonds. The Labute approximate surface area is 124 Å². The van der Waals surface area contributed by atoms with Gasteiger partial charge in [-0.1, -0.05) is 51.1 Å². The summed E-state index contributed by atoms with van der Waals surface area (Å²) in [6.45, 7) is 7.20. The Morgan fingerprint density at radius 3 is 2.50 bits per heavy atom. The summed E-state index contributed by atoms with van der Waals surface area (Å²) >= 11 is 1.67. The van der Waals surface area contributed by atoms with E-state index in [9.17, 15) is 0 Å². The first-order chi connectivity index (χ1) is 9.52. The number of hydrogen-bond acceptors (Lipinski definition) is 4. The van der Waals surface area contributed by atoms with Crippen molar-refractivity contribution in [2.75, 3.05) is 13.2 Å². The normalized spacial score (nSPS) is 13.4. The number of thiazole rings is 1. The van der Waals surface area contributed by atoms with E-state index in [4.69, 9.17) is 10.1 Å². The molecule has 0 saturated carbocycles. The van der Waals surface area contributed by atoms with E-state index in [1.165, 1.54) is 5.56 Å². The topological polar surface area (TPSA) is 45.1 Å². The number of aliphatic hydroxyl groups excluding tert-OH is 1. The summed E-state index contributed by atoms with van der Waals surface area (Å²) in [6.07, 6.45) is 0. The summed E-state index contributed by atoms with van der Waals surface area (Å²) in [7, 11) is 0. The highest BCUT2D eigenvalue weighted by molar-refractivity contribution is 7.09. The fourth-order valence-electron chi connectivity index (χ4n) is 1.97. The lowest BCUT2D eigenvalue weighted by molar-refractivity contribution is 0.288. The van der Waals surface area contributed by atoms with Crippen molar-refractivity contribution in [1.29, 1.82) is 0 Å². The Bertz CT molecular complexity index is 531. The third kappa shape index (κ3) is 3.66. The first kappa shape index (κ1) is 15.2. The lowest BCUT2D eigenvalue weighted by Crippen LogP contribution is -2.25. The van der Waals surface area contributed by atoms with E-state index >= 15 is 0 Å². The number of aliphatic hydroxyl groups is 1. The zero-order valence-electron chi connectivity index (χ0n) is 12.3. The second-order valence-electron chi connectivity index (χ2n) is 5.84. The van der Waals surface area contributed by atoms with E-state index in [1.54, 1.807) is 11.3 Å². The van der Waals surface area contributed by atoms with Gasteiger partial charge in [-0.2, -0.15) is 0 Å². The molecule has 3 nitrogen and oxygen atoms in total. The maximum Gasteiger partial charge on any atom is 0.114 e. The number of rotatable bonds is 5. The average molecular weight is 290 g/mol. The first-order valence-corrected chi connectivity index (χ1v) is 7.75. The smallest absolute Gasteiger partial charge is 0.114 e. The molecule has 1 atom stereocenters. The number of hydrogen-bond donors (Lipinski definition) is 2. The van der Waals surface area contributed by atoms with Crippen LogP contribution in [0.25, 0.3) is 0 Å². The van der Waals surface area contributed by atoms with Crippen molar-refractivity contribution < 1.29 is 5.11 Å². The van der Waals surface area contributed by atoms with Gasteiger partial charge < -0.3 is 10.4 Å². The SMILES string of the molecule is CC(C)(C)c1csc([C@H](NCCO)c2ccccc2)n1. The van der Waals surface area contributed by atoms with Crippen molar-refractivity contribution >= 4 is 11.3 Å². The van der Waals surface area contributed by atoms with Crippen molar-refractivity contribution in [1.82, 2.24) is 10.3 Å². The summed E-state index contributed by atoms with van der Waals surface area (Å²) < 4.78 is 0. The van der Waals surface area contributed by atoms with Gasteiger partial charge in [0.25, 0.3) is 0 Å². The van der Waals surface area contributed by atoms with Gasteiger partial charge in [-0.3, -0.25) is 0 Å². The van der Waals surface area contributed by atoms with E-state index in [0.29, 0.717) is 6.54 Å². The van der Waals surface area contributed by atoms with Crippen LogP contribution < -0.4 is 5.32 Å². The molecule has 2 aromatic rings. The van der Waals surface area contributed by atoms with E-state index in [-0.39, 0.29) is 18.1 Å². The van der Waals surface area contributed by atoms with Gasteiger partial charge in [0, 0.05) is 17.3 Å². The van der Waals surface area contributed by atoms with Crippen molar-refractivity contribution in [3.63, 3.8) is 0 Å². The minimum Gasteiger partial charge on any atom is -0.395 e. The predicted molar refractivity (Wildman–Crippen MR) is 84.2 cm³/mol. The lowest BCUT2D eigenvalue weighted by atomic mass is 9.93. The highest BCUT2D eigenvalue weighted by Gasteiger charge is 2.22. The number of nitrogens with zero attached hydrogens (tertiary/aromatic N) is 1. The monoisotopic (exact) mass is 290 g/mol. The maximum absolute atomic E-state index is 9.06. The van der Waals surface area contributed by atoms with Crippen molar-refractivity contribution in [3.05, 3.63) is 52.0 Å². The van der Waals surface area contributed by atoms with Crippen LogP contribution in [0.4, 0.5) is 0 Å². The standard InChI is InChI=1S/C16H22N2OS/c1-16(2,3)13-11-20-15(18-13)14(17-9-10-19)12-7-5-4-6-8-12/h4-8,11,14,17,19H,9-10H2,1-3H3/t14-/m1/s1. The van der Waals surface area contributed by atoms with E-state index in [1.807, 2.05) is 18.2 Å². The Morgan fingerprint density at radius 1 is 1.25 bits per heavy atom. The lowest BCUT2D eigenvalue weighted by Gasteiger charge is -2.18. The van der Waals surface area contributed by atoms with Crippen molar-refractivity contribution in [2.24, 2.45) is 0 Å². The molecule has 0 aliphatic carbocycles. The minimum absolute atomic E-state index is 0.0458. The van der Waals surface area contributed by atoms with Gasteiger partial charge in [-0.15, -0.1) is 11.3 Å². The van der Waals surface area contributed by atoms with Gasteiger partial charge in [0.05, 0.1) is 18.3 Å². The Hall–Kier alpha value is -1.23. The Morgan fingerprint density at radius 2 is 1.95 bits per heavy atom. The van der Waals surface area contributed by atoms with Gasteiger partial charge in [-0.05, 0) is 5.56 Å². The fourth-order valence-corrected chi connectivity index (χ4v) is 3.11. The maximum atomic E-state index is 9.06. The van der Waals surface area contributed by atoms with Crippen LogP contribution in [-0.4, -0.2) is 23.2 Å². The molecular weight excluding hydrogens is 268 g/mol. The Kier molecular flexibility index (Phi) is 4.91. The largest absolute Gasteiger partial charge is 0.395 e. The van der Waals surface area contributed by atoms with Crippen LogP contribution in [0.1, 0.15) is 43.1 Å². The summed E-state index contributed by atoms with van der Waals surface area (Å²) in [4.78, 5) is 4.79. The van der Waals surface area contributed by atoms with Crippen LogP contribution in [0.2, 0.25) is 0 Å². The molecule has 1 heterocycles. The molecule has 1 aromatic carbocycles. The predicted octanol–water partition coefficient (Wildman–Crippen LogP) is 3.11. The van der Waals surface area contributed by atoms with E-state index < -0.39 is 0 Å². The number of aromatic nitrogens is 1. The molecule has 2 rings (SSSR count). The molecule has 4 heteroatoms. The van der Waals surface area contributed by atoms with Gasteiger partial charge >= 0.3 is 0 Å².